The van der Waals surface area contributed by atoms with Crippen LogP contribution in [0, 0.1) is 0 Å². The van der Waals surface area contributed by atoms with E-state index in [9.17, 15) is 4.79 Å². The minimum atomic E-state index is -0.381. The Labute approximate surface area is 141 Å². The van der Waals surface area contributed by atoms with Crippen molar-refractivity contribution in [2.24, 2.45) is 0 Å². The van der Waals surface area contributed by atoms with Crippen LogP contribution in [-0.4, -0.2) is 33.9 Å². The summed E-state index contributed by atoms with van der Waals surface area (Å²) < 4.78 is 21.8. The van der Waals surface area contributed by atoms with Crippen molar-refractivity contribution in [1.29, 1.82) is 0 Å². The maximum Gasteiger partial charge on any atom is 0.333 e. The van der Waals surface area contributed by atoms with Crippen LogP contribution in [0.2, 0.25) is 0 Å². The van der Waals surface area contributed by atoms with Crippen molar-refractivity contribution in [1.82, 2.24) is 0 Å². The number of rotatable bonds is 6. The fraction of sp³-hybridized carbons (Fsp3) is 0.316. The van der Waals surface area contributed by atoms with E-state index in [4.69, 9.17) is 18.9 Å². The molecule has 0 atom stereocenters. The molecule has 0 N–H and O–H groups in total. The van der Waals surface area contributed by atoms with Crippen molar-refractivity contribution in [3.05, 3.63) is 35.4 Å². The maximum atomic E-state index is 12.0. The van der Waals surface area contributed by atoms with Gasteiger partial charge in [0.05, 0.1) is 33.5 Å². The fourth-order valence-electron chi connectivity index (χ4n) is 2.65. The van der Waals surface area contributed by atoms with E-state index in [0.717, 1.165) is 10.8 Å². The van der Waals surface area contributed by atoms with Crippen LogP contribution in [-0.2, 0) is 9.53 Å². The van der Waals surface area contributed by atoms with Gasteiger partial charge in [-0.3, -0.25) is 0 Å². The molecule has 0 saturated heterocycles. The third-order valence-corrected chi connectivity index (χ3v) is 3.68. The summed E-state index contributed by atoms with van der Waals surface area (Å²) in [6.45, 7) is 3.78. The molecule has 0 saturated carbocycles. The lowest BCUT2D eigenvalue weighted by Gasteiger charge is -2.18. The molecule has 5 heteroatoms. The highest BCUT2D eigenvalue weighted by Gasteiger charge is 2.21. The van der Waals surface area contributed by atoms with Crippen LogP contribution in [0.1, 0.15) is 19.4 Å². The lowest BCUT2D eigenvalue weighted by molar-refractivity contribution is -0.138. The van der Waals surface area contributed by atoms with Gasteiger partial charge in [-0.25, -0.2) is 4.79 Å². The standard InChI is InChI=1S/C19H22O5/c1-6-24-19(20)12(2)11-15-16(21-3)13-9-7-8-10-14(13)17(22-4)18(15)23-5/h7-11H,6H2,1-5H3. The van der Waals surface area contributed by atoms with Gasteiger partial charge >= 0.3 is 5.97 Å². The van der Waals surface area contributed by atoms with Crippen molar-refractivity contribution in [3.63, 3.8) is 0 Å². The van der Waals surface area contributed by atoms with Crippen molar-refractivity contribution in [3.8, 4) is 17.2 Å². The van der Waals surface area contributed by atoms with E-state index < -0.39 is 0 Å². The second-order valence-corrected chi connectivity index (χ2v) is 5.11. The molecule has 0 aromatic heterocycles. The summed E-state index contributed by atoms with van der Waals surface area (Å²) in [5.74, 6) is 1.34. The first kappa shape index (κ1) is 17.7. The summed E-state index contributed by atoms with van der Waals surface area (Å²) in [4.78, 5) is 12.0. The number of fused-ring (bicyclic) bond motifs is 1. The molecular weight excluding hydrogens is 308 g/mol. The lowest BCUT2D eigenvalue weighted by Crippen LogP contribution is -2.05. The Morgan fingerprint density at radius 1 is 0.958 bits per heavy atom. The summed E-state index contributed by atoms with van der Waals surface area (Å²) in [5, 5.41) is 1.75. The van der Waals surface area contributed by atoms with Gasteiger partial charge in [0, 0.05) is 16.3 Å². The van der Waals surface area contributed by atoms with Gasteiger partial charge in [0.25, 0.3) is 0 Å². The molecule has 128 valence electrons. The quantitative estimate of drug-likeness (QED) is 0.595. The van der Waals surface area contributed by atoms with Gasteiger partial charge in [0.1, 0.15) is 5.75 Å². The number of methoxy groups -OCH3 is 3. The van der Waals surface area contributed by atoms with Crippen LogP contribution in [0.25, 0.3) is 16.8 Å². The Kier molecular flexibility index (Phi) is 5.68. The molecule has 2 aromatic rings. The third kappa shape index (κ3) is 3.15. The van der Waals surface area contributed by atoms with Crippen LogP contribution in [0.3, 0.4) is 0 Å². The van der Waals surface area contributed by atoms with Gasteiger partial charge in [-0.15, -0.1) is 0 Å². The molecule has 0 unspecified atom stereocenters. The van der Waals surface area contributed by atoms with Crippen LogP contribution in [0.15, 0.2) is 29.8 Å². The van der Waals surface area contributed by atoms with E-state index in [-0.39, 0.29) is 5.97 Å². The van der Waals surface area contributed by atoms with Crippen molar-refractivity contribution in [2.45, 2.75) is 13.8 Å². The number of ether oxygens (including phenoxy) is 4. The number of carbonyl (C=O) groups excluding carboxylic acids is 1. The average Bonchev–Trinajstić information content (AvgIpc) is 2.60. The highest BCUT2D eigenvalue weighted by Crippen LogP contribution is 2.46. The van der Waals surface area contributed by atoms with Gasteiger partial charge < -0.3 is 18.9 Å². The third-order valence-electron chi connectivity index (χ3n) is 3.68. The topological polar surface area (TPSA) is 54.0 Å². The monoisotopic (exact) mass is 330 g/mol. The normalized spacial score (nSPS) is 11.3. The Hall–Kier alpha value is -2.69. The zero-order chi connectivity index (χ0) is 17.7. The Balaban J connectivity index is 2.80. The number of carbonyl (C=O) groups is 1. The van der Waals surface area contributed by atoms with Crippen molar-refractivity contribution < 1.29 is 23.7 Å². The predicted molar refractivity (Wildman–Crippen MR) is 93.9 cm³/mol. The summed E-state index contributed by atoms with van der Waals surface area (Å²) in [5.41, 5.74) is 1.09. The van der Waals surface area contributed by atoms with Crippen LogP contribution >= 0.6 is 0 Å². The highest BCUT2D eigenvalue weighted by atomic mass is 16.5. The highest BCUT2D eigenvalue weighted by molar-refractivity contribution is 6.02. The van der Waals surface area contributed by atoms with E-state index in [1.807, 2.05) is 24.3 Å². The summed E-state index contributed by atoms with van der Waals surface area (Å²) in [7, 11) is 4.73. The molecule has 0 aliphatic carbocycles. The van der Waals surface area contributed by atoms with E-state index >= 15 is 0 Å². The first-order chi connectivity index (χ1) is 11.6. The SMILES string of the molecule is CCOC(=O)C(C)=Cc1c(OC)c(OC)c2ccccc2c1OC. The smallest absolute Gasteiger partial charge is 0.333 e. The Morgan fingerprint density at radius 2 is 1.50 bits per heavy atom. The summed E-state index contributed by atoms with van der Waals surface area (Å²) >= 11 is 0. The van der Waals surface area contributed by atoms with Crippen LogP contribution < -0.4 is 14.2 Å². The van der Waals surface area contributed by atoms with Crippen LogP contribution in [0.5, 0.6) is 17.2 Å². The summed E-state index contributed by atoms with van der Waals surface area (Å²) in [6.07, 6.45) is 1.70. The molecule has 0 aliphatic rings. The zero-order valence-electron chi connectivity index (χ0n) is 14.6. The largest absolute Gasteiger partial charge is 0.495 e. The van der Waals surface area contributed by atoms with Gasteiger partial charge in [-0.1, -0.05) is 24.3 Å². The fourth-order valence-corrected chi connectivity index (χ4v) is 2.65. The van der Waals surface area contributed by atoms with Gasteiger partial charge in [0.2, 0.25) is 0 Å². The molecule has 0 radical (unpaired) electrons. The second-order valence-electron chi connectivity index (χ2n) is 5.11. The molecule has 0 fully saturated rings. The molecule has 0 spiro atoms. The van der Waals surface area contributed by atoms with E-state index in [1.165, 1.54) is 0 Å². The first-order valence-electron chi connectivity index (χ1n) is 7.65. The predicted octanol–water partition coefficient (Wildman–Crippen LogP) is 3.83. The number of hydrogen-bond donors (Lipinski definition) is 0. The maximum absolute atomic E-state index is 12.0. The molecule has 2 aromatic carbocycles. The van der Waals surface area contributed by atoms with E-state index in [2.05, 4.69) is 0 Å². The van der Waals surface area contributed by atoms with Gasteiger partial charge in [-0.05, 0) is 19.9 Å². The Bertz CT molecular complexity index is 777. The van der Waals surface area contributed by atoms with Crippen molar-refractivity contribution in [2.75, 3.05) is 27.9 Å². The average molecular weight is 330 g/mol. The molecule has 24 heavy (non-hydrogen) atoms. The van der Waals surface area contributed by atoms with E-state index in [1.54, 1.807) is 41.3 Å². The molecule has 2 rings (SSSR count). The second kappa shape index (κ2) is 7.73. The first-order valence-corrected chi connectivity index (χ1v) is 7.65. The number of benzene rings is 2. The minimum Gasteiger partial charge on any atom is -0.495 e. The summed E-state index contributed by atoms with van der Waals surface area (Å²) in [6, 6.07) is 7.71. The molecule has 0 aliphatic heterocycles. The lowest BCUT2D eigenvalue weighted by atomic mass is 10.0. The number of esters is 1. The van der Waals surface area contributed by atoms with E-state index in [0.29, 0.717) is 35.0 Å². The van der Waals surface area contributed by atoms with Crippen LogP contribution in [0.4, 0.5) is 0 Å². The number of hydrogen-bond acceptors (Lipinski definition) is 5. The minimum absolute atomic E-state index is 0.319. The molecule has 0 amide bonds. The molecular formula is C19H22O5. The molecule has 0 heterocycles. The Morgan fingerprint density at radius 3 is 2.00 bits per heavy atom. The molecule has 0 bridgehead atoms. The van der Waals surface area contributed by atoms with Gasteiger partial charge in [-0.2, -0.15) is 0 Å². The zero-order valence-corrected chi connectivity index (χ0v) is 14.6. The molecule has 5 nitrogen and oxygen atoms in total. The van der Waals surface area contributed by atoms with Gasteiger partial charge in [0.15, 0.2) is 11.5 Å². The van der Waals surface area contributed by atoms with Crippen molar-refractivity contribution >= 4 is 22.8 Å².